The summed E-state index contributed by atoms with van der Waals surface area (Å²) in [4.78, 5) is 28.8. The molecular formula is C18H25N3O4. The highest BCUT2D eigenvalue weighted by atomic mass is 16.5. The second kappa shape index (κ2) is 7.07. The molecule has 1 aliphatic carbocycles. The average Bonchev–Trinajstić information content (AvgIpc) is 3.31. The predicted octanol–water partition coefficient (Wildman–Crippen LogP) is 1.85. The van der Waals surface area contributed by atoms with Gasteiger partial charge in [0.05, 0.1) is 31.6 Å². The van der Waals surface area contributed by atoms with Crippen LogP contribution in [0.5, 0.6) is 0 Å². The minimum Gasteiger partial charge on any atom is -0.459 e. The lowest BCUT2D eigenvalue weighted by molar-refractivity contribution is -0.0378. The second-order valence-electron chi connectivity index (χ2n) is 7.14. The Hall–Kier alpha value is -2.02. The van der Waals surface area contributed by atoms with E-state index in [1.807, 2.05) is 0 Å². The molecule has 0 aromatic carbocycles. The van der Waals surface area contributed by atoms with Crippen molar-refractivity contribution in [2.75, 3.05) is 26.2 Å². The molecule has 136 valence electrons. The molecule has 2 aliphatic heterocycles. The number of morpholine rings is 1. The molecule has 1 aromatic rings. The fourth-order valence-corrected chi connectivity index (χ4v) is 4.16. The summed E-state index contributed by atoms with van der Waals surface area (Å²) in [5.41, 5.74) is 0. The number of rotatable bonds is 2. The Bertz CT molecular complexity index is 612. The molecule has 3 amide bonds. The van der Waals surface area contributed by atoms with Crippen molar-refractivity contribution in [1.82, 2.24) is 15.1 Å². The van der Waals surface area contributed by atoms with E-state index in [1.54, 1.807) is 21.9 Å². The number of hydrogen-bond donors (Lipinski definition) is 1. The molecule has 25 heavy (non-hydrogen) atoms. The van der Waals surface area contributed by atoms with E-state index >= 15 is 0 Å². The molecule has 3 heterocycles. The summed E-state index contributed by atoms with van der Waals surface area (Å²) in [6.45, 7) is 2.06. The highest BCUT2D eigenvalue weighted by molar-refractivity contribution is 5.92. The fraction of sp³-hybridized carbons (Fsp3) is 0.667. The lowest BCUT2D eigenvalue weighted by Crippen LogP contribution is -2.53. The van der Waals surface area contributed by atoms with Gasteiger partial charge in [-0.1, -0.05) is 19.3 Å². The van der Waals surface area contributed by atoms with E-state index in [2.05, 4.69) is 5.32 Å². The molecule has 1 aromatic heterocycles. The first-order chi connectivity index (χ1) is 12.2. The Balaban J connectivity index is 1.40. The summed E-state index contributed by atoms with van der Waals surface area (Å²) >= 11 is 0. The van der Waals surface area contributed by atoms with Crippen molar-refractivity contribution < 1.29 is 18.7 Å². The van der Waals surface area contributed by atoms with E-state index in [4.69, 9.17) is 9.15 Å². The fourth-order valence-electron chi connectivity index (χ4n) is 4.16. The number of ether oxygens (including phenoxy) is 1. The van der Waals surface area contributed by atoms with Crippen LogP contribution >= 0.6 is 0 Å². The van der Waals surface area contributed by atoms with Crippen LogP contribution in [0.25, 0.3) is 0 Å². The largest absolute Gasteiger partial charge is 0.459 e. The van der Waals surface area contributed by atoms with Gasteiger partial charge in [0.2, 0.25) is 0 Å². The van der Waals surface area contributed by atoms with Crippen molar-refractivity contribution in [3.8, 4) is 0 Å². The maximum atomic E-state index is 12.7. The maximum absolute atomic E-state index is 12.7. The third-order valence-corrected chi connectivity index (χ3v) is 5.51. The van der Waals surface area contributed by atoms with E-state index in [-0.39, 0.29) is 30.1 Å². The number of urea groups is 1. The van der Waals surface area contributed by atoms with Gasteiger partial charge in [0, 0.05) is 19.1 Å². The van der Waals surface area contributed by atoms with Gasteiger partial charge in [-0.05, 0) is 25.0 Å². The van der Waals surface area contributed by atoms with Gasteiger partial charge in [0.15, 0.2) is 5.76 Å². The van der Waals surface area contributed by atoms with Gasteiger partial charge < -0.3 is 24.3 Å². The van der Waals surface area contributed by atoms with Crippen LogP contribution < -0.4 is 5.32 Å². The highest BCUT2D eigenvalue weighted by Crippen LogP contribution is 2.25. The van der Waals surface area contributed by atoms with Crippen molar-refractivity contribution in [3.05, 3.63) is 24.2 Å². The Labute approximate surface area is 147 Å². The lowest BCUT2D eigenvalue weighted by Gasteiger charge is -2.36. The van der Waals surface area contributed by atoms with Gasteiger partial charge in [0.25, 0.3) is 5.91 Å². The van der Waals surface area contributed by atoms with Gasteiger partial charge in [-0.15, -0.1) is 0 Å². The number of furan rings is 1. The van der Waals surface area contributed by atoms with Gasteiger partial charge in [-0.25, -0.2) is 4.79 Å². The minimum atomic E-state index is -0.127. The zero-order chi connectivity index (χ0) is 17.2. The molecule has 7 heteroatoms. The molecular weight excluding hydrogens is 322 g/mol. The van der Waals surface area contributed by atoms with Crippen LogP contribution in [0.4, 0.5) is 4.79 Å². The molecule has 4 rings (SSSR count). The van der Waals surface area contributed by atoms with Crippen LogP contribution in [0.2, 0.25) is 0 Å². The number of carbonyl (C=O) groups excluding carboxylic acids is 2. The van der Waals surface area contributed by atoms with Crippen molar-refractivity contribution >= 4 is 11.9 Å². The second-order valence-corrected chi connectivity index (χ2v) is 7.14. The average molecular weight is 347 g/mol. The molecule has 2 atom stereocenters. The number of hydrogen-bond acceptors (Lipinski definition) is 4. The number of fused-ring (bicyclic) bond motifs is 1. The first-order valence-electron chi connectivity index (χ1n) is 9.24. The minimum absolute atomic E-state index is 0.0321. The van der Waals surface area contributed by atoms with Crippen LogP contribution in [-0.4, -0.2) is 66.2 Å². The maximum Gasteiger partial charge on any atom is 0.317 e. The Morgan fingerprint density at radius 3 is 2.76 bits per heavy atom. The number of carbonyl (C=O) groups is 2. The van der Waals surface area contributed by atoms with Crippen LogP contribution in [0, 0.1) is 0 Å². The molecule has 0 radical (unpaired) electrons. The number of likely N-dealkylation sites (tertiary alicyclic amines) is 1. The standard InChI is InChI=1S/C18H25N3O4/c22-17(15-7-4-9-24-15)21-8-10-25-16-12-20(11-14(16)21)18(23)19-13-5-2-1-3-6-13/h4,7,9,13-14,16H,1-3,5-6,8,10-12H2,(H,19,23)/t14-,16+/m1/s1. The summed E-state index contributed by atoms with van der Waals surface area (Å²) in [6.07, 6.45) is 7.14. The third kappa shape index (κ3) is 3.38. The molecule has 1 saturated carbocycles. The summed E-state index contributed by atoms with van der Waals surface area (Å²) in [5.74, 6) is 0.212. The Morgan fingerprint density at radius 2 is 2.00 bits per heavy atom. The van der Waals surface area contributed by atoms with Gasteiger partial charge in [-0.3, -0.25) is 4.79 Å². The lowest BCUT2D eigenvalue weighted by atomic mass is 9.96. The van der Waals surface area contributed by atoms with Crippen LogP contribution in [0.3, 0.4) is 0 Å². The predicted molar refractivity (Wildman–Crippen MR) is 90.3 cm³/mol. The number of nitrogens with one attached hydrogen (secondary N) is 1. The first-order valence-corrected chi connectivity index (χ1v) is 9.24. The molecule has 2 saturated heterocycles. The molecule has 3 aliphatic rings. The Kier molecular flexibility index (Phi) is 4.65. The quantitative estimate of drug-likeness (QED) is 0.886. The molecule has 0 spiro atoms. The molecule has 0 unspecified atom stereocenters. The van der Waals surface area contributed by atoms with Crippen LogP contribution in [0.1, 0.15) is 42.7 Å². The van der Waals surface area contributed by atoms with E-state index in [9.17, 15) is 9.59 Å². The molecule has 1 N–H and O–H groups in total. The van der Waals surface area contributed by atoms with E-state index in [0.717, 1.165) is 12.8 Å². The SMILES string of the molecule is O=C(NC1CCCCC1)N1C[C@@H]2OCCN(C(=O)c3ccco3)[C@@H]2C1. The molecule has 0 bridgehead atoms. The summed E-state index contributed by atoms with van der Waals surface area (Å²) in [6, 6.07) is 3.53. The van der Waals surface area contributed by atoms with Crippen LogP contribution in [-0.2, 0) is 4.74 Å². The van der Waals surface area contributed by atoms with Gasteiger partial charge >= 0.3 is 6.03 Å². The summed E-state index contributed by atoms with van der Waals surface area (Å²) < 4.78 is 11.1. The molecule has 3 fully saturated rings. The van der Waals surface area contributed by atoms with Gasteiger partial charge in [0.1, 0.15) is 0 Å². The summed E-state index contributed by atoms with van der Waals surface area (Å²) in [5, 5.41) is 3.15. The van der Waals surface area contributed by atoms with E-state index < -0.39 is 0 Å². The molecule has 7 nitrogen and oxygen atoms in total. The monoisotopic (exact) mass is 347 g/mol. The zero-order valence-corrected chi connectivity index (χ0v) is 14.4. The van der Waals surface area contributed by atoms with Crippen molar-refractivity contribution in [3.63, 3.8) is 0 Å². The zero-order valence-electron chi connectivity index (χ0n) is 14.4. The van der Waals surface area contributed by atoms with Crippen molar-refractivity contribution in [2.24, 2.45) is 0 Å². The normalized spacial score (nSPS) is 27.2. The smallest absolute Gasteiger partial charge is 0.317 e. The topological polar surface area (TPSA) is 75.0 Å². The number of amides is 3. The number of nitrogens with zero attached hydrogens (tertiary/aromatic N) is 2. The van der Waals surface area contributed by atoms with Crippen molar-refractivity contribution in [1.29, 1.82) is 0 Å². The van der Waals surface area contributed by atoms with Crippen molar-refractivity contribution in [2.45, 2.75) is 50.3 Å². The van der Waals surface area contributed by atoms with Gasteiger partial charge in [-0.2, -0.15) is 0 Å². The van der Waals surface area contributed by atoms with E-state index in [0.29, 0.717) is 32.0 Å². The summed E-state index contributed by atoms with van der Waals surface area (Å²) in [7, 11) is 0. The highest BCUT2D eigenvalue weighted by Gasteiger charge is 2.44. The first kappa shape index (κ1) is 16.4. The van der Waals surface area contributed by atoms with E-state index in [1.165, 1.54) is 25.5 Å². The third-order valence-electron chi connectivity index (χ3n) is 5.51. The van der Waals surface area contributed by atoms with Crippen LogP contribution in [0.15, 0.2) is 22.8 Å². The Morgan fingerprint density at radius 1 is 1.16 bits per heavy atom.